The maximum atomic E-state index is 4.69. The van der Waals surface area contributed by atoms with Crippen molar-refractivity contribution in [1.82, 2.24) is 4.98 Å². The van der Waals surface area contributed by atoms with E-state index in [1.807, 2.05) is 12.3 Å². The minimum absolute atomic E-state index is 0.0377. The van der Waals surface area contributed by atoms with Crippen LogP contribution in [0.5, 0.6) is 0 Å². The molecule has 0 bridgehead atoms. The number of rotatable bonds is 1. The fourth-order valence-corrected chi connectivity index (χ4v) is 3.93. The molecule has 0 N–H and O–H groups in total. The molecule has 0 atom stereocenters. The maximum absolute atomic E-state index is 4.69. The number of aromatic nitrogens is 2. The quantitative estimate of drug-likeness (QED) is 0.604. The van der Waals surface area contributed by atoms with Crippen molar-refractivity contribution in [2.75, 3.05) is 0 Å². The smallest absolute Gasteiger partial charge is 0.212 e. The van der Waals surface area contributed by atoms with E-state index in [-0.39, 0.29) is 5.41 Å². The van der Waals surface area contributed by atoms with E-state index in [1.165, 1.54) is 44.9 Å². The van der Waals surface area contributed by atoms with Crippen LogP contribution < -0.4 is 4.57 Å². The number of benzene rings is 1. The molecule has 0 unspecified atom stereocenters. The van der Waals surface area contributed by atoms with E-state index in [4.69, 9.17) is 0 Å². The summed E-state index contributed by atoms with van der Waals surface area (Å²) in [6.45, 7) is 8.91. The first-order valence-electron chi connectivity index (χ1n) is 8.48. The Hall–Kier alpha value is -2.48. The third-order valence-electron chi connectivity index (χ3n) is 5.49. The zero-order valence-corrected chi connectivity index (χ0v) is 15.0. The molecule has 2 heterocycles. The van der Waals surface area contributed by atoms with Gasteiger partial charge in [-0.1, -0.05) is 26.0 Å². The SMILES string of the molecule is Cc1cc2c(cc1-c1cccc(C)[n+]1C)-c1cccnc1C2(C)C. The van der Waals surface area contributed by atoms with Gasteiger partial charge in [-0.05, 0) is 41.8 Å². The van der Waals surface area contributed by atoms with E-state index in [0.29, 0.717) is 0 Å². The van der Waals surface area contributed by atoms with Gasteiger partial charge in [0.15, 0.2) is 5.69 Å². The van der Waals surface area contributed by atoms with E-state index in [0.717, 1.165) is 0 Å². The second-order valence-corrected chi connectivity index (χ2v) is 7.35. The van der Waals surface area contributed by atoms with Crippen molar-refractivity contribution in [1.29, 1.82) is 0 Å². The molecule has 0 aliphatic heterocycles. The van der Waals surface area contributed by atoms with Crippen LogP contribution in [0.25, 0.3) is 22.4 Å². The summed E-state index contributed by atoms with van der Waals surface area (Å²) in [5.74, 6) is 0. The van der Waals surface area contributed by atoms with Gasteiger partial charge in [0, 0.05) is 41.8 Å². The van der Waals surface area contributed by atoms with Gasteiger partial charge in [-0.2, -0.15) is 4.57 Å². The molecular formula is C22H23N2+. The second-order valence-electron chi connectivity index (χ2n) is 7.35. The molecule has 0 radical (unpaired) electrons. The summed E-state index contributed by atoms with van der Waals surface area (Å²) in [5, 5.41) is 0. The van der Waals surface area contributed by atoms with Crippen LogP contribution >= 0.6 is 0 Å². The van der Waals surface area contributed by atoms with Crippen LogP contribution in [0.15, 0.2) is 48.7 Å². The molecule has 0 amide bonds. The monoisotopic (exact) mass is 315 g/mol. The molecule has 2 nitrogen and oxygen atoms in total. The average Bonchev–Trinajstić information content (AvgIpc) is 2.78. The lowest BCUT2D eigenvalue weighted by Gasteiger charge is -2.21. The summed E-state index contributed by atoms with van der Waals surface area (Å²) < 4.78 is 2.26. The van der Waals surface area contributed by atoms with Crippen molar-refractivity contribution in [2.24, 2.45) is 7.05 Å². The predicted molar refractivity (Wildman–Crippen MR) is 97.9 cm³/mol. The minimum Gasteiger partial charge on any atom is -0.260 e. The van der Waals surface area contributed by atoms with Crippen molar-refractivity contribution in [2.45, 2.75) is 33.1 Å². The highest BCUT2D eigenvalue weighted by molar-refractivity contribution is 5.83. The van der Waals surface area contributed by atoms with E-state index < -0.39 is 0 Å². The molecule has 0 fully saturated rings. The first-order valence-corrected chi connectivity index (χ1v) is 8.48. The topological polar surface area (TPSA) is 16.8 Å². The van der Waals surface area contributed by atoms with Crippen molar-refractivity contribution < 1.29 is 4.57 Å². The van der Waals surface area contributed by atoms with Gasteiger partial charge in [0.25, 0.3) is 0 Å². The van der Waals surface area contributed by atoms with Gasteiger partial charge < -0.3 is 0 Å². The lowest BCUT2D eigenvalue weighted by Crippen LogP contribution is -2.34. The number of fused-ring (bicyclic) bond motifs is 3. The fourth-order valence-electron chi connectivity index (χ4n) is 3.93. The normalized spacial score (nSPS) is 14.4. The summed E-state index contributed by atoms with van der Waals surface area (Å²) in [6.07, 6.45) is 1.90. The third kappa shape index (κ3) is 1.96. The molecule has 3 aromatic rings. The molecule has 1 aliphatic carbocycles. The van der Waals surface area contributed by atoms with Crippen molar-refractivity contribution in [3.8, 4) is 22.4 Å². The maximum Gasteiger partial charge on any atom is 0.212 e. The van der Waals surface area contributed by atoms with Crippen molar-refractivity contribution in [3.05, 3.63) is 71.2 Å². The van der Waals surface area contributed by atoms with Gasteiger partial charge in [-0.3, -0.25) is 4.98 Å². The van der Waals surface area contributed by atoms with Crippen LogP contribution in [0, 0.1) is 13.8 Å². The fraction of sp³-hybridized carbons (Fsp3) is 0.273. The summed E-state index contributed by atoms with van der Waals surface area (Å²) in [4.78, 5) is 4.69. The van der Waals surface area contributed by atoms with Gasteiger partial charge in [0.1, 0.15) is 7.05 Å². The molecule has 0 saturated heterocycles. The average molecular weight is 315 g/mol. The number of aryl methyl sites for hydroxylation is 2. The van der Waals surface area contributed by atoms with Crippen LogP contribution in [0.2, 0.25) is 0 Å². The third-order valence-corrected chi connectivity index (χ3v) is 5.49. The number of hydrogen-bond acceptors (Lipinski definition) is 1. The van der Waals surface area contributed by atoms with Gasteiger partial charge in [0.05, 0.1) is 5.69 Å². The molecule has 1 aromatic carbocycles. The molecule has 2 heteroatoms. The lowest BCUT2D eigenvalue weighted by atomic mass is 9.83. The number of pyridine rings is 2. The zero-order chi connectivity index (χ0) is 17.1. The van der Waals surface area contributed by atoms with Gasteiger partial charge in [-0.25, -0.2) is 0 Å². The standard InChI is InChI=1S/C22H23N2/c1-14-12-19-18(16-9-7-11-23-21(16)22(19,3)4)13-17(14)20-10-6-8-15(2)24(20)5/h6-13H,1-5H3/q+1. The highest BCUT2D eigenvalue weighted by atomic mass is 14.9. The summed E-state index contributed by atoms with van der Waals surface area (Å²) in [5.41, 5.74) is 10.3. The lowest BCUT2D eigenvalue weighted by molar-refractivity contribution is -0.666. The molecule has 120 valence electrons. The Morgan fingerprint density at radius 1 is 0.917 bits per heavy atom. The van der Waals surface area contributed by atoms with Crippen LogP contribution in [-0.4, -0.2) is 4.98 Å². The Balaban J connectivity index is 2.02. The first kappa shape index (κ1) is 15.1. The Morgan fingerprint density at radius 2 is 1.71 bits per heavy atom. The Kier molecular flexibility index (Phi) is 3.14. The summed E-state index contributed by atoms with van der Waals surface area (Å²) in [6, 6.07) is 15.4. The molecule has 0 spiro atoms. The van der Waals surface area contributed by atoms with Gasteiger partial charge in [-0.15, -0.1) is 0 Å². The summed E-state index contributed by atoms with van der Waals surface area (Å²) >= 11 is 0. The molecule has 4 rings (SSSR count). The molecule has 24 heavy (non-hydrogen) atoms. The van der Waals surface area contributed by atoms with Crippen molar-refractivity contribution in [3.63, 3.8) is 0 Å². The molecular weight excluding hydrogens is 292 g/mol. The van der Waals surface area contributed by atoms with E-state index in [1.54, 1.807) is 0 Å². The highest BCUT2D eigenvalue weighted by Crippen LogP contribution is 2.49. The molecule has 2 aromatic heterocycles. The van der Waals surface area contributed by atoms with Crippen molar-refractivity contribution >= 4 is 0 Å². The van der Waals surface area contributed by atoms with Gasteiger partial charge in [0.2, 0.25) is 5.69 Å². The second kappa shape index (κ2) is 5.01. The summed E-state index contributed by atoms with van der Waals surface area (Å²) in [7, 11) is 2.14. The van der Waals surface area contributed by atoms with Crippen LogP contribution in [0.1, 0.15) is 36.4 Å². The van der Waals surface area contributed by atoms with Crippen LogP contribution in [0.4, 0.5) is 0 Å². The first-order chi connectivity index (χ1) is 11.4. The van der Waals surface area contributed by atoms with Gasteiger partial charge >= 0.3 is 0 Å². The van der Waals surface area contributed by atoms with E-state index in [2.05, 4.69) is 80.7 Å². The Bertz CT molecular complexity index is 968. The Morgan fingerprint density at radius 3 is 2.50 bits per heavy atom. The predicted octanol–water partition coefficient (Wildman–Crippen LogP) is 4.50. The van der Waals surface area contributed by atoms with Crippen LogP contribution in [0.3, 0.4) is 0 Å². The number of nitrogens with zero attached hydrogens (tertiary/aromatic N) is 2. The Labute approximate surface area is 143 Å². The minimum atomic E-state index is -0.0377. The highest BCUT2D eigenvalue weighted by Gasteiger charge is 2.37. The number of hydrogen-bond donors (Lipinski definition) is 0. The molecule has 1 aliphatic rings. The largest absolute Gasteiger partial charge is 0.260 e. The van der Waals surface area contributed by atoms with E-state index >= 15 is 0 Å². The molecule has 0 saturated carbocycles. The van der Waals surface area contributed by atoms with E-state index in [9.17, 15) is 0 Å². The van der Waals surface area contributed by atoms with Crippen LogP contribution in [-0.2, 0) is 12.5 Å². The zero-order valence-electron chi connectivity index (χ0n) is 15.0.